The molecule has 6 atom stereocenters. The van der Waals surface area contributed by atoms with E-state index in [-0.39, 0.29) is 49.7 Å². The van der Waals surface area contributed by atoms with Crippen LogP contribution in [-0.4, -0.2) is 93.1 Å². The number of aryl methyl sites for hydroxylation is 1. The summed E-state index contributed by atoms with van der Waals surface area (Å²) >= 11 is 1.45. The minimum atomic E-state index is -4.21. The molecule has 1 aliphatic heterocycles. The molecule has 0 radical (unpaired) electrons. The summed E-state index contributed by atoms with van der Waals surface area (Å²) < 4.78 is 46.9. The number of hydrogen-bond donors (Lipinski definition) is 4. The van der Waals surface area contributed by atoms with Crippen molar-refractivity contribution in [3.05, 3.63) is 77.9 Å². The highest BCUT2D eigenvalue weighted by atomic mass is 32.1. The van der Waals surface area contributed by atoms with E-state index in [0.29, 0.717) is 33.8 Å². The van der Waals surface area contributed by atoms with E-state index < -0.39 is 65.9 Å². The van der Waals surface area contributed by atoms with Gasteiger partial charge in [0.25, 0.3) is 0 Å². The van der Waals surface area contributed by atoms with Gasteiger partial charge in [-0.3, -0.25) is 14.2 Å². The summed E-state index contributed by atoms with van der Waals surface area (Å²) in [5.74, 6) is -1.19. The van der Waals surface area contributed by atoms with Crippen molar-refractivity contribution in [1.82, 2.24) is 25.5 Å². The normalized spacial score (nSPS) is 22.6. The van der Waals surface area contributed by atoms with Crippen LogP contribution in [0.4, 0.5) is 14.3 Å². The number of thiazole rings is 1. The van der Waals surface area contributed by atoms with Gasteiger partial charge in [0, 0.05) is 47.4 Å². The number of likely N-dealkylation sites (tertiary alicyclic amines) is 1. The lowest BCUT2D eigenvalue weighted by Crippen LogP contribution is -2.58. The second kappa shape index (κ2) is 18.6. The van der Waals surface area contributed by atoms with Crippen LogP contribution in [0.3, 0.4) is 0 Å². The van der Waals surface area contributed by atoms with E-state index in [2.05, 4.69) is 22.5 Å². The zero-order valence-corrected chi connectivity index (χ0v) is 38.4. The Kier molecular flexibility index (Phi) is 13.6. The predicted octanol–water partition coefficient (Wildman–Crippen LogP) is 8.29. The van der Waals surface area contributed by atoms with Crippen LogP contribution in [0.2, 0.25) is 0 Å². The van der Waals surface area contributed by atoms with Crippen LogP contribution in [0.1, 0.15) is 78.7 Å². The smallest absolute Gasteiger partial charge is 0.408 e. The highest BCUT2D eigenvalue weighted by Gasteiger charge is 2.65. The van der Waals surface area contributed by atoms with Gasteiger partial charge in [0.1, 0.15) is 52.6 Å². The fraction of sp³-hybridized carbons (Fsp3) is 0.500. The highest BCUT2D eigenvalue weighted by molar-refractivity contribution is 7.60. The maximum atomic E-state index is 14.9. The molecule has 63 heavy (non-hydrogen) atoms. The summed E-state index contributed by atoms with van der Waals surface area (Å²) in [6.45, 7) is 13.3. The summed E-state index contributed by atoms with van der Waals surface area (Å²) in [5, 5.41) is 10.8. The molecule has 14 nitrogen and oxygen atoms in total. The molecule has 4 aromatic rings. The molecule has 17 heteroatoms. The maximum absolute atomic E-state index is 14.9. The first kappa shape index (κ1) is 46.0. The number of anilines is 1. The van der Waals surface area contributed by atoms with Gasteiger partial charge in [-0.05, 0) is 81.5 Å². The second-order valence-electron chi connectivity index (χ2n) is 18.2. The largest absolute Gasteiger partial charge is 0.497 e. The number of aromatic nitrogens is 2. The van der Waals surface area contributed by atoms with E-state index in [1.807, 2.05) is 46.1 Å². The first-order chi connectivity index (χ1) is 29.9. The van der Waals surface area contributed by atoms with Crippen molar-refractivity contribution < 1.29 is 42.4 Å². The minimum absolute atomic E-state index is 0.00914. The molecule has 2 aliphatic carbocycles. The molecule has 2 aromatic carbocycles. The molecule has 1 saturated heterocycles. The Morgan fingerprint density at radius 3 is 2.51 bits per heavy atom. The molecule has 2 saturated carbocycles. The molecular weight excluding hydrogens is 847 g/mol. The Labute approximate surface area is 371 Å². The number of halogens is 1. The lowest BCUT2D eigenvalue weighted by Gasteiger charge is -2.36. The molecule has 7 rings (SSSR count). The van der Waals surface area contributed by atoms with Gasteiger partial charge in [0.2, 0.25) is 19.2 Å². The van der Waals surface area contributed by atoms with Gasteiger partial charge in [0.15, 0.2) is 5.13 Å². The van der Waals surface area contributed by atoms with E-state index in [9.17, 15) is 28.2 Å². The molecule has 338 valence electrons. The van der Waals surface area contributed by atoms with Gasteiger partial charge < -0.3 is 40.0 Å². The third-order valence-corrected chi connectivity index (χ3v) is 15.6. The van der Waals surface area contributed by atoms with Crippen LogP contribution in [0.5, 0.6) is 11.5 Å². The van der Waals surface area contributed by atoms with Crippen LogP contribution in [0, 0.1) is 17.2 Å². The average Bonchev–Trinajstić information content (AvgIpc) is 3.63. The SMILES string of the molecule is C=C[C@@H]1C[C@]1(NC(=O)[C@@H]1C[C@@H](Oc2cc(-c3csc(NC(C)C)n3)nc3cc(OC)ccc23)CN1C(=O)[C@@H](NC(=O)OC1CCCC1)C(C)(C)C)P(=O)(O)CCc1ccccc1F. The summed E-state index contributed by atoms with van der Waals surface area (Å²) in [7, 11) is -2.64. The third-order valence-electron chi connectivity index (χ3n) is 12.1. The second-order valence-corrected chi connectivity index (χ2v) is 21.7. The highest BCUT2D eigenvalue weighted by Crippen LogP contribution is 2.69. The number of nitrogens with zero attached hydrogens (tertiary/aromatic N) is 3. The molecule has 3 amide bonds. The van der Waals surface area contributed by atoms with Gasteiger partial charge in [-0.25, -0.2) is 19.2 Å². The van der Waals surface area contributed by atoms with Crippen LogP contribution in [0.15, 0.2) is 66.6 Å². The first-order valence-electron chi connectivity index (χ1n) is 21.6. The summed E-state index contributed by atoms with van der Waals surface area (Å²) in [6, 6.07) is 11.1. The van der Waals surface area contributed by atoms with Crippen molar-refractivity contribution in [2.75, 3.05) is 25.1 Å². The molecule has 3 fully saturated rings. The summed E-state index contributed by atoms with van der Waals surface area (Å²) in [6.07, 6.45) is 3.06. The quantitative estimate of drug-likeness (QED) is 0.0628. The third kappa shape index (κ3) is 10.2. The standard InChI is InChI=1S/C46H58FN6O8PS/c1-8-29-24-46(29,62(57,58)20-19-28-13-9-12-16-34(28)47)52-41(54)38-22-32(25-53(38)42(55)40(45(4,5)6)51-44(56)61-30-14-10-11-15-30)60-39-23-36(37-26-63-43(50-37)48-27(2)3)49-35-21-31(59-7)17-18-33(35)39/h8-9,12-13,16-18,21,23,26-27,29-30,32,38,40H,1,10-11,14-15,19-20,22,24-25H2,2-7H3,(H,48,50)(H,51,56)(H,52,54)(H,57,58)/t29-,32-,38+,40-,46+/m1/s1. The maximum Gasteiger partial charge on any atom is 0.408 e. The van der Waals surface area contributed by atoms with E-state index in [1.165, 1.54) is 28.4 Å². The molecular formula is C46H58FN6O8PS. The number of hydrogen-bond acceptors (Lipinski definition) is 11. The number of rotatable bonds is 16. The number of ether oxygens (including phenoxy) is 3. The van der Waals surface area contributed by atoms with Crippen molar-refractivity contribution in [3.8, 4) is 22.9 Å². The number of fused-ring (bicyclic) bond motifs is 1. The van der Waals surface area contributed by atoms with Crippen molar-refractivity contribution in [3.63, 3.8) is 0 Å². The Balaban J connectivity index is 1.21. The zero-order valence-electron chi connectivity index (χ0n) is 36.7. The van der Waals surface area contributed by atoms with Crippen molar-refractivity contribution in [2.45, 2.75) is 115 Å². The summed E-state index contributed by atoms with van der Waals surface area (Å²) in [5.41, 5.74) is 1.20. The van der Waals surface area contributed by atoms with Gasteiger partial charge in [0.05, 0.1) is 24.9 Å². The molecule has 4 N–H and O–H groups in total. The number of alkyl carbamates (subject to hydrolysis) is 1. The number of carbonyl (C=O) groups is 3. The van der Waals surface area contributed by atoms with E-state index in [1.54, 1.807) is 43.5 Å². The first-order valence-corrected chi connectivity index (χ1v) is 24.3. The van der Waals surface area contributed by atoms with Gasteiger partial charge >= 0.3 is 6.09 Å². The van der Waals surface area contributed by atoms with Crippen LogP contribution >= 0.6 is 18.7 Å². The fourth-order valence-corrected chi connectivity index (χ4v) is 11.8. The lowest BCUT2D eigenvalue weighted by molar-refractivity contribution is -0.142. The lowest BCUT2D eigenvalue weighted by atomic mass is 9.85. The van der Waals surface area contributed by atoms with Gasteiger partial charge in [-0.1, -0.05) is 45.0 Å². The molecule has 3 aliphatic rings. The minimum Gasteiger partial charge on any atom is -0.497 e. The van der Waals surface area contributed by atoms with Crippen LogP contribution in [0.25, 0.3) is 22.3 Å². The van der Waals surface area contributed by atoms with Crippen LogP contribution in [-0.2, 0) is 25.3 Å². The van der Waals surface area contributed by atoms with Crippen LogP contribution < -0.4 is 25.4 Å². The van der Waals surface area contributed by atoms with Crippen molar-refractivity contribution >= 4 is 52.6 Å². The number of amides is 3. The predicted molar refractivity (Wildman–Crippen MR) is 242 cm³/mol. The van der Waals surface area contributed by atoms with Gasteiger partial charge in [-0.2, -0.15) is 0 Å². The molecule has 1 unspecified atom stereocenters. The van der Waals surface area contributed by atoms with E-state index in [4.69, 9.17) is 24.2 Å². The van der Waals surface area contributed by atoms with Crippen molar-refractivity contribution in [2.24, 2.45) is 11.3 Å². The van der Waals surface area contributed by atoms with Crippen molar-refractivity contribution in [1.29, 1.82) is 0 Å². The molecule has 0 bridgehead atoms. The number of nitrogens with one attached hydrogen (secondary N) is 3. The number of methoxy groups -OCH3 is 1. The van der Waals surface area contributed by atoms with E-state index >= 15 is 0 Å². The Hall–Kier alpha value is -5.05. The average molecular weight is 905 g/mol. The number of pyridine rings is 1. The Morgan fingerprint density at radius 2 is 1.84 bits per heavy atom. The van der Waals surface area contributed by atoms with Gasteiger partial charge in [-0.15, -0.1) is 17.9 Å². The molecule has 0 spiro atoms. The Bertz CT molecular complexity index is 2400. The zero-order chi connectivity index (χ0) is 45.3. The summed E-state index contributed by atoms with van der Waals surface area (Å²) in [4.78, 5) is 65.7. The molecule has 2 aromatic heterocycles. The topological polar surface area (TPSA) is 181 Å². The number of benzene rings is 2. The van der Waals surface area contributed by atoms with E-state index in [0.717, 1.165) is 30.8 Å². The monoisotopic (exact) mass is 904 g/mol. The number of carbonyl (C=O) groups excluding carboxylic acids is 3. The Morgan fingerprint density at radius 1 is 1.10 bits per heavy atom. The molecule has 3 heterocycles. The fourth-order valence-electron chi connectivity index (χ4n) is 8.57.